The van der Waals surface area contributed by atoms with E-state index in [1.54, 1.807) is 26.0 Å². The summed E-state index contributed by atoms with van der Waals surface area (Å²) in [5.74, 6) is -0.0339. The maximum Gasteiger partial charge on any atom is 0.335 e. The van der Waals surface area contributed by atoms with Gasteiger partial charge in [0.15, 0.2) is 0 Å². The summed E-state index contributed by atoms with van der Waals surface area (Å²) >= 11 is 0. The van der Waals surface area contributed by atoms with E-state index in [-0.39, 0.29) is 11.3 Å². The van der Waals surface area contributed by atoms with Gasteiger partial charge in [-0.15, -0.1) is 0 Å². The summed E-state index contributed by atoms with van der Waals surface area (Å²) in [5.41, 5.74) is 1.38. The summed E-state index contributed by atoms with van der Waals surface area (Å²) in [6.45, 7) is 3.37. The molecule has 0 unspecified atom stereocenters. The van der Waals surface area contributed by atoms with Crippen molar-refractivity contribution < 1.29 is 19.6 Å². The molecule has 0 bridgehead atoms. The van der Waals surface area contributed by atoms with E-state index in [0.717, 1.165) is 0 Å². The number of aromatic carboxylic acids is 1. The van der Waals surface area contributed by atoms with Crippen LogP contribution in [0.3, 0.4) is 0 Å². The van der Waals surface area contributed by atoms with Gasteiger partial charge in [0.2, 0.25) is 0 Å². The largest absolute Gasteiger partial charge is 0.478 e. The molecule has 1 N–H and O–H groups in total. The smallest absolute Gasteiger partial charge is 0.335 e. The molecule has 0 saturated heterocycles. The van der Waals surface area contributed by atoms with Crippen LogP contribution in [0.15, 0.2) is 36.4 Å². The second kappa shape index (κ2) is 5.62. The molecule has 2 rings (SSSR count). The highest BCUT2D eigenvalue weighted by atomic mass is 16.6. The van der Waals surface area contributed by atoms with E-state index < -0.39 is 10.9 Å². The van der Waals surface area contributed by atoms with Crippen LogP contribution in [0.25, 0.3) is 0 Å². The fourth-order valence-corrected chi connectivity index (χ4v) is 1.92. The Bertz CT molecular complexity index is 724. The van der Waals surface area contributed by atoms with Gasteiger partial charge >= 0.3 is 5.97 Å². The average molecular weight is 287 g/mol. The molecule has 0 aromatic heterocycles. The van der Waals surface area contributed by atoms with Crippen molar-refractivity contribution in [3.05, 3.63) is 63.2 Å². The molecule has 0 heterocycles. The minimum Gasteiger partial charge on any atom is -0.478 e. The van der Waals surface area contributed by atoms with Crippen LogP contribution in [-0.2, 0) is 0 Å². The number of carboxylic acid groups (broad SMARTS) is 1. The highest BCUT2D eigenvalue weighted by Crippen LogP contribution is 2.29. The molecule has 0 atom stereocenters. The zero-order valence-electron chi connectivity index (χ0n) is 11.5. The van der Waals surface area contributed by atoms with Gasteiger partial charge in [0.05, 0.1) is 10.5 Å². The van der Waals surface area contributed by atoms with Crippen LogP contribution in [-0.4, -0.2) is 16.0 Å². The van der Waals surface area contributed by atoms with Gasteiger partial charge in [0.1, 0.15) is 11.5 Å². The first-order chi connectivity index (χ1) is 9.88. The number of benzene rings is 2. The molecule has 2 aromatic carbocycles. The van der Waals surface area contributed by atoms with Crippen molar-refractivity contribution in [3.8, 4) is 11.5 Å². The number of aryl methyl sites for hydroxylation is 2. The molecule has 0 aliphatic carbocycles. The zero-order valence-corrected chi connectivity index (χ0v) is 11.5. The van der Waals surface area contributed by atoms with Crippen molar-refractivity contribution in [3.63, 3.8) is 0 Å². The Kier molecular flexibility index (Phi) is 3.89. The minimum absolute atomic E-state index is 0.0281. The van der Waals surface area contributed by atoms with E-state index >= 15 is 0 Å². The highest BCUT2D eigenvalue weighted by Gasteiger charge is 2.12. The lowest BCUT2D eigenvalue weighted by Crippen LogP contribution is -1.98. The van der Waals surface area contributed by atoms with Gasteiger partial charge in [-0.3, -0.25) is 10.1 Å². The Morgan fingerprint density at radius 3 is 2.38 bits per heavy atom. The third-order valence-corrected chi connectivity index (χ3v) is 3.01. The lowest BCUT2D eigenvalue weighted by Gasteiger charge is -2.10. The number of nitro groups is 1. The standard InChI is InChI=1S/C15H13NO5/c1-9-8-12(4-5-13(9)16(19)20)21-14-6-3-11(15(17)18)7-10(14)2/h3-8H,1-2H3,(H,17,18). The molecule has 108 valence electrons. The lowest BCUT2D eigenvalue weighted by atomic mass is 10.1. The molecule has 0 aliphatic rings. The number of carboxylic acids is 1. The van der Waals surface area contributed by atoms with Crippen LogP contribution in [0.1, 0.15) is 21.5 Å². The summed E-state index contributed by atoms with van der Waals surface area (Å²) in [6, 6.07) is 8.98. The normalized spacial score (nSPS) is 10.2. The van der Waals surface area contributed by atoms with Crippen LogP contribution in [0, 0.1) is 24.0 Å². The van der Waals surface area contributed by atoms with E-state index in [9.17, 15) is 14.9 Å². The Balaban J connectivity index is 2.28. The van der Waals surface area contributed by atoms with Gasteiger partial charge in [0, 0.05) is 11.6 Å². The van der Waals surface area contributed by atoms with Crippen molar-refractivity contribution in [2.24, 2.45) is 0 Å². The fraction of sp³-hybridized carbons (Fsp3) is 0.133. The second-order valence-electron chi connectivity index (χ2n) is 4.59. The predicted octanol–water partition coefficient (Wildman–Crippen LogP) is 3.70. The lowest BCUT2D eigenvalue weighted by molar-refractivity contribution is -0.385. The first-order valence-corrected chi connectivity index (χ1v) is 6.15. The topological polar surface area (TPSA) is 89.7 Å². The SMILES string of the molecule is Cc1cc(C(=O)O)ccc1Oc1ccc([N+](=O)[O-])c(C)c1. The van der Waals surface area contributed by atoms with Gasteiger partial charge in [-0.05, 0) is 49.7 Å². The van der Waals surface area contributed by atoms with Crippen molar-refractivity contribution in [2.45, 2.75) is 13.8 Å². The maximum atomic E-state index is 10.9. The number of nitrogens with zero attached hydrogens (tertiary/aromatic N) is 1. The monoisotopic (exact) mass is 287 g/mol. The fourth-order valence-electron chi connectivity index (χ4n) is 1.92. The van der Waals surface area contributed by atoms with Crippen LogP contribution in [0.4, 0.5) is 5.69 Å². The number of rotatable bonds is 4. The first kappa shape index (κ1) is 14.5. The van der Waals surface area contributed by atoms with Gasteiger partial charge in [-0.1, -0.05) is 0 Å². The summed E-state index contributed by atoms with van der Waals surface area (Å²) in [4.78, 5) is 21.2. The number of hydrogen-bond acceptors (Lipinski definition) is 4. The molecule has 2 aromatic rings. The molecule has 0 radical (unpaired) electrons. The molecule has 0 fully saturated rings. The van der Waals surface area contributed by atoms with Crippen LogP contribution < -0.4 is 4.74 Å². The van der Waals surface area contributed by atoms with E-state index in [2.05, 4.69) is 0 Å². The highest BCUT2D eigenvalue weighted by molar-refractivity contribution is 5.88. The Morgan fingerprint density at radius 2 is 1.86 bits per heavy atom. The quantitative estimate of drug-likeness (QED) is 0.684. The maximum absolute atomic E-state index is 10.9. The van der Waals surface area contributed by atoms with Gasteiger partial charge < -0.3 is 9.84 Å². The van der Waals surface area contributed by atoms with E-state index in [1.165, 1.54) is 24.3 Å². The van der Waals surface area contributed by atoms with Crippen LogP contribution in [0.5, 0.6) is 11.5 Å². The summed E-state index contributed by atoms with van der Waals surface area (Å²) in [7, 11) is 0. The Labute approximate surface area is 120 Å². The van der Waals surface area contributed by atoms with Crippen molar-refractivity contribution in [1.29, 1.82) is 0 Å². The number of nitro benzene ring substituents is 1. The molecule has 6 heteroatoms. The Morgan fingerprint density at radius 1 is 1.14 bits per heavy atom. The third kappa shape index (κ3) is 3.17. The molecular weight excluding hydrogens is 274 g/mol. The second-order valence-corrected chi connectivity index (χ2v) is 4.59. The van der Waals surface area contributed by atoms with Gasteiger partial charge in [0.25, 0.3) is 5.69 Å². The van der Waals surface area contributed by atoms with Crippen molar-refractivity contribution in [2.75, 3.05) is 0 Å². The van der Waals surface area contributed by atoms with Gasteiger partial charge in [-0.25, -0.2) is 4.79 Å². The summed E-state index contributed by atoms with van der Waals surface area (Å²) in [6.07, 6.45) is 0. The Hall–Kier alpha value is -2.89. The molecule has 6 nitrogen and oxygen atoms in total. The van der Waals surface area contributed by atoms with Gasteiger partial charge in [-0.2, -0.15) is 0 Å². The molecule has 21 heavy (non-hydrogen) atoms. The number of carbonyl (C=O) groups is 1. The van der Waals surface area contributed by atoms with Crippen LogP contribution >= 0.6 is 0 Å². The van der Waals surface area contributed by atoms with Crippen molar-refractivity contribution in [1.82, 2.24) is 0 Å². The van der Waals surface area contributed by atoms with Crippen molar-refractivity contribution >= 4 is 11.7 Å². The number of hydrogen-bond donors (Lipinski definition) is 1. The number of ether oxygens (including phenoxy) is 1. The summed E-state index contributed by atoms with van der Waals surface area (Å²) in [5, 5.41) is 19.7. The molecule has 0 amide bonds. The summed E-state index contributed by atoms with van der Waals surface area (Å²) < 4.78 is 5.64. The third-order valence-electron chi connectivity index (χ3n) is 3.01. The minimum atomic E-state index is -1.00. The van der Waals surface area contributed by atoms with E-state index in [1.807, 2.05) is 0 Å². The molecule has 0 saturated carbocycles. The molecule has 0 aliphatic heterocycles. The molecular formula is C15H13NO5. The average Bonchev–Trinajstić information content (AvgIpc) is 2.40. The zero-order chi connectivity index (χ0) is 15.6. The predicted molar refractivity (Wildman–Crippen MR) is 76.0 cm³/mol. The first-order valence-electron chi connectivity index (χ1n) is 6.15. The molecule has 0 spiro atoms. The van der Waals surface area contributed by atoms with Crippen LogP contribution in [0.2, 0.25) is 0 Å². The van der Waals surface area contributed by atoms with E-state index in [0.29, 0.717) is 22.6 Å². The van der Waals surface area contributed by atoms with E-state index in [4.69, 9.17) is 9.84 Å².